The molecule has 0 radical (unpaired) electrons. The van der Waals surface area contributed by atoms with Crippen LogP contribution in [0.2, 0.25) is 0 Å². The van der Waals surface area contributed by atoms with Gasteiger partial charge in [0.25, 0.3) is 0 Å². The van der Waals surface area contributed by atoms with Crippen molar-refractivity contribution in [3.63, 3.8) is 0 Å². The smallest absolute Gasteiger partial charge is 0.407 e. The van der Waals surface area contributed by atoms with Crippen LogP contribution in [0.4, 0.5) is 4.79 Å². The third-order valence-corrected chi connectivity index (χ3v) is 10.9. The summed E-state index contributed by atoms with van der Waals surface area (Å²) in [5.74, 6) is -4.42. The molecule has 0 bridgehead atoms. The van der Waals surface area contributed by atoms with E-state index in [1.165, 1.54) is 21.1 Å². The molecule has 1 amide bonds. The van der Waals surface area contributed by atoms with Crippen LogP contribution in [-0.2, 0) is 49.4 Å². The third-order valence-electron chi connectivity index (χ3n) is 10.9. The fraction of sp³-hybridized carbons (Fsp3) is 0.667. The van der Waals surface area contributed by atoms with Crippen molar-refractivity contribution in [3.05, 3.63) is 29.8 Å². The van der Waals surface area contributed by atoms with E-state index < -0.39 is 100 Å². The minimum absolute atomic E-state index is 0.103. The fourth-order valence-electron chi connectivity index (χ4n) is 9.62. The van der Waals surface area contributed by atoms with E-state index in [4.69, 9.17) is 33.2 Å². The summed E-state index contributed by atoms with van der Waals surface area (Å²) in [6, 6.07) is 6.95. The number of rotatable bonds is 5. The van der Waals surface area contributed by atoms with E-state index in [-0.39, 0.29) is 6.61 Å². The molecule has 4 heterocycles. The molecular formula is C30H35NO13. The Morgan fingerprint density at radius 2 is 1.73 bits per heavy atom. The maximum atomic E-state index is 14.2. The van der Waals surface area contributed by atoms with Crippen LogP contribution in [0.5, 0.6) is 5.75 Å². The van der Waals surface area contributed by atoms with Gasteiger partial charge in [-0.2, -0.15) is 0 Å². The number of aliphatic hydroxyl groups is 2. The second kappa shape index (κ2) is 8.83. The number of hydrogen-bond donors (Lipinski definition) is 3. The molecule has 7 rings (SSSR count). The van der Waals surface area contributed by atoms with Crippen molar-refractivity contribution >= 4 is 24.0 Å². The number of esters is 3. The summed E-state index contributed by atoms with van der Waals surface area (Å²) in [6.45, 7) is 6.78. The van der Waals surface area contributed by atoms with Crippen LogP contribution in [0.25, 0.3) is 0 Å². The van der Waals surface area contributed by atoms with Gasteiger partial charge in [-0.1, -0.05) is 32.9 Å². The minimum atomic E-state index is -2.45. The second-order valence-corrected chi connectivity index (χ2v) is 13.5. The van der Waals surface area contributed by atoms with Gasteiger partial charge >= 0.3 is 24.0 Å². The molecule has 44 heavy (non-hydrogen) atoms. The van der Waals surface area contributed by atoms with Crippen molar-refractivity contribution in [1.29, 1.82) is 0 Å². The van der Waals surface area contributed by atoms with E-state index in [1.54, 1.807) is 24.3 Å². The summed E-state index contributed by atoms with van der Waals surface area (Å²) in [5.41, 5.74) is -8.86. The zero-order valence-corrected chi connectivity index (χ0v) is 25.0. The van der Waals surface area contributed by atoms with Gasteiger partial charge in [-0.15, -0.1) is 0 Å². The van der Waals surface area contributed by atoms with E-state index >= 15 is 0 Å². The first kappa shape index (κ1) is 29.3. The lowest BCUT2D eigenvalue weighted by Gasteiger charge is -2.48. The van der Waals surface area contributed by atoms with Crippen LogP contribution in [0.15, 0.2) is 24.3 Å². The highest BCUT2D eigenvalue weighted by atomic mass is 16.8. The lowest BCUT2D eigenvalue weighted by molar-refractivity contribution is -0.240. The zero-order valence-electron chi connectivity index (χ0n) is 25.0. The fourth-order valence-corrected chi connectivity index (χ4v) is 9.62. The molecule has 14 heteroatoms. The number of aliphatic hydroxyl groups excluding tert-OH is 1. The molecule has 238 valence electrons. The molecule has 6 fully saturated rings. The van der Waals surface area contributed by atoms with Gasteiger partial charge in [0, 0.05) is 13.0 Å². The number of fused-ring (bicyclic) bond motifs is 1. The molecule has 1 aromatic rings. The van der Waals surface area contributed by atoms with Gasteiger partial charge in [-0.05, 0) is 30.0 Å². The summed E-state index contributed by atoms with van der Waals surface area (Å²) in [7, 11) is 2.89. The largest absolute Gasteiger partial charge is 0.497 e. The number of methoxy groups -OCH3 is 1. The van der Waals surface area contributed by atoms with Crippen LogP contribution in [0, 0.1) is 28.1 Å². The van der Waals surface area contributed by atoms with E-state index in [9.17, 15) is 29.4 Å². The Morgan fingerprint density at radius 1 is 1.05 bits per heavy atom. The molecule has 4 saturated heterocycles. The predicted molar refractivity (Wildman–Crippen MR) is 142 cm³/mol. The average molecular weight is 618 g/mol. The molecule has 3 N–H and O–H groups in total. The van der Waals surface area contributed by atoms with Gasteiger partial charge in [0.1, 0.15) is 18.0 Å². The van der Waals surface area contributed by atoms with Crippen LogP contribution >= 0.6 is 0 Å². The topological polar surface area (TPSA) is 185 Å². The molecule has 4 aliphatic heterocycles. The van der Waals surface area contributed by atoms with Crippen LogP contribution in [-0.4, -0.2) is 96.4 Å². The zero-order chi connectivity index (χ0) is 31.8. The SMILES string of the molecule is CNC(=O)O[C@H]1C2OC(=O)C34OC5OC(=O)[C@H](OCc6ccc(OC)cc6)C5([C@@H]1C(C)(C)C)C23[C@@H](O)C1OC(=O)[C@@H](C)[C@@]14O. The molecule has 12 atom stereocenters. The Hall–Kier alpha value is -3.46. The van der Waals surface area contributed by atoms with Gasteiger partial charge in [-0.3, -0.25) is 4.79 Å². The summed E-state index contributed by atoms with van der Waals surface area (Å²) in [5, 5.41) is 27.2. The molecule has 0 aromatic heterocycles. The normalized spacial score (nSPS) is 46.0. The standard InChI is InChI=1S/C30H35NO13/c1-12-21(33)41-19-17(32)28-18-15(40-25(36)31-5)16(26(2,3)4)27(28)20(39-11-13-7-9-14(38-6)10-8-13)22(34)43-24(27)44-30(28,23(35)42-18)29(12,19)37/h7-10,12,15-20,24,32,37H,11H2,1-6H3,(H,31,36)/t12-,15-,16+,17+,18?,19?,20+,24?,27?,28?,29-,30?/m1/s1. The van der Waals surface area contributed by atoms with E-state index in [1.807, 2.05) is 20.8 Å². The molecule has 6 aliphatic rings. The summed E-state index contributed by atoms with van der Waals surface area (Å²) in [4.78, 5) is 53.6. The van der Waals surface area contributed by atoms with E-state index in [2.05, 4.69) is 5.32 Å². The summed E-state index contributed by atoms with van der Waals surface area (Å²) >= 11 is 0. The quantitative estimate of drug-likeness (QED) is 0.301. The number of nitrogens with one attached hydrogen (secondary N) is 1. The molecule has 14 nitrogen and oxygen atoms in total. The van der Waals surface area contributed by atoms with Gasteiger partial charge in [0.2, 0.25) is 11.9 Å². The summed E-state index contributed by atoms with van der Waals surface area (Å²) in [6.07, 6.45) is -10.1. The second-order valence-electron chi connectivity index (χ2n) is 13.5. The predicted octanol–water partition coefficient (Wildman–Crippen LogP) is 0.198. The van der Waals surface area contributed by atoms with Crippen molar-refractivity contribution in [2.24, 2.45) is 28.1 Å². The van der Waals surface area contributed by atoms with Gasteiger partial charge in [-0.25, -0.2) is 14.4 Å². The van der Waals surface area contributed by atoms with E-state index in [0.717, 1.165) is 0 Å². The van der Waals surface area contributed by atoms with Gasteiger partial charge in [0.15, 0.2) is 23.9 Å². The summed E-state index contributed by atoms with van der Waals surface area (Å²) < 4.78 is 41.3. The number of amides is 1. The highest BCUT2D eigenvalue weighted by Crippen LogP contribution is 2.85. The lowest BCUT2D eigenvalue weighted by atomic mass is 9.51. The Bertz CT molecular complexity index is 1460. The molecule has 1 aromatic carbocycles. The van der Waals surface area contributed by atoms with Crippen molar-refractivity contribution < 1.29 is 62.5 Å². The minimum Gasteiger partial charge on any atom is -0.497 e. The third kappa shape index (κ3) is 2.87. The van der Waals surface area contributed by atoms with Gasteiger partial charge < -0.3 is 48.7 Å². The number of hydrogen-bond acceptors (Lipinski definition) is 13. The van der Waals surface area contributed by atoms with Gasteiger partial charge in [0.05, 0.1) is 30.5 Å². The van der Waals surface area contributed by atoms with Crippen LogP contribution in [0.3, 0.4) is 0 Å². The van der Waals surface area contributed by atoms with E-state index in [0.29, 0.717) is 11.3 Å². The monoisotopic (exact) mass is 617 g/mol. The Balaban J connectivity index is 1.48. The Kier molecular flexibility index (Phi) is 5.87. The molecule has 2 saturated carbocycles. The number of ether oxygens (including phenoxy) is 7. The molecule has 2 aliphatic carbocycles. The first-order chi connectivity index (χ1) is 20.7. The van der Waals surface area contributed by atoms with Crippen molar-refractivity contribution in [2.45, 2.75) is 82.3 Å². The lowest BCUT2D eigenvalue weighted by Crippen LogP contribution is -2.67. The number of carbonyl (C=O) groups is 4. The number of alkyl carbamates (subject to hydrolysis) is 1. The number of benzene rings is 1. The molecule has 6 unspecified atom stereocenters. The maximum Gasteiger partial charge on any atom is 0.407 e. The highest BCUT2D eigenvalue weighted by Gasteiger charge is 3.05. The number of carbonyl (C=O) groups excluding carboxylic acids is 4. The maximum absolute atomic E-state index is 14.2. The van der Waals surface area contributed by atoms with Crippen LogP contribution in [0.1, 0.15) is 33.3 Å². The molecule has 2 spiro atoms. The average Bonchev–Trinajstić information content (AvgIpc) is 3.68. The Morgan fingerprint density at radius 3 is 2.34 bits per heavy atom. The first-order valence-electron chi connectivity index (χ1n) is 14.5. The van der Waals surface area contributed by atoms with Crippen molar-refractivity contribution in [1.82, 2.24) is 5.32 Å². The van der Waals surface area contributed by atoms with Crippen LogP contribution < -0.4 is 10.1 Å². The molecular weight excluding hydrogens is 582 g/mol. The van der Waals surface area contributed by atoms with Crippen molar-refractivity contribution in [3.8, 4) is 5.75 Å². The first-order valence-corrected chi connectivity index (χ1v) is 14.5. The highest BCUT2D eigenvalue weighted by molar-refractivity contribution is 5.94. The van der Waals surface area contributed by atoms with Crippen molar-refractivity contribution in [2.75, 3.05) is 14.2 Å². The Labute approximate surface area is 252 Å².